The lowest BCUT2D eigenvalue weighted by Crippen LogP contribution is -2.23. The number of nitrogens with zero attached hydrogens (tertiary/aromatic N) is 2. The summed E-state index contributed by atoms with van der Waals surface area (Å²) < 4.78 is 15.8. The van der Waals surface area contributed by atoms with E-state index in [9.17, 15) is 4.79 Å². The predicted molar refractivity (Wildman–Crippen MR) is 103 cm³/mol. The number of amides is 1. The molecule has 27 heavy (non-hydrogen) atoms. The van der Waals surface area contributed by atoms with Gasteiger partial charge in [-0.25, -0.2) is 4.98 Å². The highest BCUT2D eigenvalue weighted by Crippen LogP contribution is 2.38. The second kappa shape index (κ2) is 8.50. The third-order valence-electron chi connectivity index (χ3n) is 3.79. The van der Waals surface area contributed by atoms with Gasteiger partial charge < -0.3 is 19.5 Å². The van der Waals surface area contributed by atoms with Crippen LogP contribution in [0.25, 0.3) is 10.7 Å². The predicted octanol–water partition coefficient (Wildman–Crippen LogP) is 3.16. The summed E-state index contributed by atoms with van der Waals surface area (Å²) in [5, 5.41) is 5.57. The van der Waals surface area contributed by atoms with Gasteiger partial charge >= 0.3 is 0 Å². The molecule has 3 rings (SSSR count). The first-order valence-electron chi connectivity index (χ1n) is 8.10. The van der Waals surface area contributed by atoms with Gasteiger partial charge in [-0.2, -0.15) is 0 Å². The van der Waals surface area contributed by atoms with Crippen LogP contribution in [0.4, 0.5) is 0 Å². The van der Waals surface area contributed by atoms with Crippen molar-refractivity contribution in [3.8, 4) is 28.0 Å². The number of ether oxygens (including phenoxy) is 3. The summed E-state index contributed by atoms with van der Waals surface area (Å²) in [5.74, 6) is 1.03. The Morgan fingerprint density at radius 3 is 2.44 bits per heavy atom. The van der Waals surface area contributed by atoms with Crippen molar-refractivity contribution < 1.29 is 19.0 Å². The van der Waals surface area contributed by atoms with Crippen molar-refractivity contribution in [2.45, 2.75) is 6.54 Å². The first-order valence-corrected chi connectivity index (χ1v) is 8.98. The fourth-order valence-corrected chi connectivity index (χ4v) is 3.28. The van der Waals surface area contributed by atoms with E-state index in [-0.39, 0.29) is 5.91 Å². The molecule has 0 fully saturated rings. The van der Waals surface area contributed by atoms with Crippen molar-refractivity contribution in [3.05, 3.63) is 53.2 Å². The highest BCUT2D eigenvalue weighted by molar-refractivity contribution is 7.13. The van der Waals surface area contributed by atoms with Crippen molar-refractivity contribution in [2.75, 3.05) is 21.3 Å². The Morgan fingerprint density at radius 2 is 1.85 bits per heavy atom. The van der Waals surface area contributed by atoms with Crippen LogP contribution in [0.3, 0.4) is 0 Å². The highest BCUT2D eigenvalue weighted by atomic mass is 32.1. The zero-order chi connectivity index (χ0) is 19.2. The van der Waals surface area contributed by atoms with E-state index in [1.807, 2.05) is 23.6 Å². The summed E-state index contributed by atoms with van der Waals surface area (Å²) in [7, 11) is 4.53. The van der Waals surface area contributed by atoms with Gasteiger partial charge in [0.05, 0.1) is 39.3 Å². The number of rotatable bonds is 7. The largest absolute Gasteiger partial charge is 0.493 e. The van der Waals surface area contributed by atoms with Crippen molar-refractivity contribution in [2.24, 2.45) is 0 Å². The molecule has 0 spiro atoms. The average molecular weight is 385 g/mol. The van der Waals surface area contributed by atoms with Gasteiger partial charge in [0.15, 0.2) is 11.5 Å². The van der Waals surface area contributed by atoms with Crippen LogP contribution < -0.4 is 19.5 Å². The smallest absolute Gasteiger partial charge is 0.251 e. The summed E-state index contributed by atoms with van der Waals surface area (Å²) >= 11 is 1.49. The van der Waals surface area contributed by atoms with Gasteiger partial charge in [-0.05, 0) is 24.3 Å². The van der Waals surface area contributed by atoms with Gasteiger partial charge in [-0.3, -0.25) is 9.78 Å². The molecule has 0 saturated heterocycles. The highest BCUT2D eigenvalue weighted by Gasteiger charge is 2.17. The molecule has 1 N–H and O–H groups in total. The second-order valence-corrected chi connectivity index (χ2v) is 6.31. The molecule has 0 saturated carbocycles. The lowest BCUT2D eigenvalue weighted by molar-refractivity contribution is 0.0949. The van der Waals surface area contributed by atoms with Crippen LogP contribution >= 0.6 is 11.3 Å². The molecule has 0 aliphatic rings. The fourth-order valence-electron chi connectivity index (χ4n) is 2.48. The number of hydrogen-bond donors (Lipinski definition) is 1. The normalized spacial score (nSPS) is 10.3. The van der Waals surface area contributed by atoms with Crippen LogP contribution in [0.1, 0.15) is 16.1 Å². The first kappa shape index (κ1) is 18.7. The number of hydrogen-bond acceptors (Lipinski definition) is 7. The zero-order valence-electron chi connectivity index (χ0n) is 15.2. The third-order valence-corrected chi connectivity index (χ3v) is 4.71. The lowest BCUT2D eigenvalue weighted by atomic mass is 10.1. The molecule has 0 aliphatic heterocycles. The molecule has 0 atom stereocenters. The molecule has 8 heteroatoms. The Bertz CT molecular complexity index is 903. The quantitative estimate of drug-likeness (QED) is 0.673. The molecule has 0 unspecified atom stereocenters. The average Bonchev–Trinajstić information content (AvgIpc) is 3.20. The van der Waals surface area contributed by atoms with Crippen LogP contribution in [0.15, 0.2) is 41.9 Å². The Balaban J connectivity index is 1.72. The van der Waals surface area contributed by atoms with E-state index in [1.165, 1.54) is 32.7 Å². The fraction of sp³-hybridized carbons (Fsp3) is 0.211. The van der Waals surface area contributed by atoms with Crippen LogP contribution in [-0.2, 0) is 6.54 Å². The Labute approximate surface area is 161 Å². The van der Waals surface area contributed by atoms with Gasteiger partial charge in [0, 0.05) is 17.1 Å². The van der Waals surface area contributed by atoms with Crippen LogP contribution in [0.2, 0.25) is 0 Å². The minimum Gasteiger partial charge on any atom is -0.493 e. The number of thiazole rings is 1. The van der Waals surface area contributed by atoms with E-state index in [4.69, 9.17) is 14.2 Å². The SMILES string of the molecule is COc1cc(C(=O)NCc2csc(-c3ccccn3)n2)cc(OC)c1OC. The second-order valence-electron chi connectivity index (χ2n) is 5.46. The monoisotopic (exact) mass is 385 g/mol. The summed E-state index contributed by atoms with van der Waals surface area (Å²) in [6, 6.07) is 8.89. The van der Waals surface area contributed by atoms with Crippen LogP contribution in [0.5, 0.6) is 17.2 Å². The molecule has 140 valence electrons. The van der Waals surface area contributed by atoms with Crippen LogP contribution in [-0.4, -0.2) is 37.2 Å². The molecule has 1 amide bonds. The molecule has 2 aromatic heterocycles. The maximum absolute atomic E-state index is 12.5. The molecular formula is C19H19N3O4S. The number of carbonyl (C=O) groups is 1. The van der Waals surface area contributed by atoms with Crippen molar-refractivity contribution >= 4 is 17.2 Å². The summed E-state index contributed by atoms with van der Waals surface area (Å²) in [5.41, 5.74) is 1.98. The molecule has 7 nitrogen and oxygen atoms in total. The summed E-state index contributed by atoms with van der Waals surface area (Å²) in [4.78, 5) is 21.3. The minimum atomic E-state index is -0.262. The third kappa shape index (κ3) is 4.17. The topological polar surface area (TPSA) is 82.6 Å². The van der Waals surface area contributed by atoms with Crippen LogP contribution in [0, 0.1) is 0 Å². The maximum Gasteiger partial charge on any atom is 0.251 e. The number of carbonyl (C=O) groups excluding carboxylic acids is 1. The Hall–Kier alpha value is -3.13. The zero-order valence-corrected chi connectivity index (χ0v) is 16.0. The molecule has 0 radical (unpaired) electrons. The first-order chi connectivity index (χ1) is 13.2. The van der Waals surface area contributed by atoms with E-state index in [0.717, 1.165) is 16.4 Å². The lowest BCUT2D eigenvalue weighted by Gasteiger charge is -2.13. The van der Waals surface area contributed by atoms with Crippen molar-refractivity contribution in [3.63, 3.8) is 0 Å². The number of nitrogens with one attached hydrogen (secondary N) is 1. The van der Waals surface area contributed by atoms with Gasteiger partial charge in [0.2, 0.25) is 5.75 Å². The van der Waals surface area contributed by atoms with Crippen molar-refractivity contribution in [1.29, 1.82) is 0 Å². The van der Waals surface area contributed by atoms with E-state index < -0.39 is 0 Å². The molecule has 3 aromatic rings. The standard InChI is InChI=1S/C19H19N3O4S/c1-24-15-8-12(9-16(25-2)17(15)26-3)18(23)21-10-13-11-27-19(22-13)14-6-4-5-7-20-14/h4-9,11H,10H2,1-3H3,(H,21,23). The van der Waals surface area contributed by atoms with Gasteiger partial charge in [0.1, 0.15) is 5.01 Å². The summed E-state index contributed by atoms with van der Waals surface area (Å²) in [6.45, 7) is 0.304. The maximum atomic E-state index is 12.5. The van der Waals surface area contributed by atoms with E-state index in [1.54, 1.807) is 18.3 Å². The number of benzene rings is 1. The van der Waals surface area contributed by atoms with Gasteiger partial charge in [0.25, 0.3) is 5.91 Å². The van der Waals surface area contributed by atoms with E-state index in [0.29, 0.717) is 29.4 Å². The molecule has 0 aliphatic carbocycles. The van der Waals surface area contributed by atoms with Crippen molar-refractivity contribution in [1.82, 2.24) is 15.3 Å². The van der Waals surface area contributed by atoms with E-state index >= 15 is 0 Å². The number of pyridine rings is 1. The van der Waals surface area contributed by atoms with Gasteiger partial charge in [-0.15, -0.1) is 11.3 Å². The number of methoxy groups -OCH3 is 3. The molecular weight excluding hydrogens is 366 g/mol. The van der Waals surface area contributed by atoms with E-state index in [2.05, 4.69) is 15.3 Å². The molecule has 1 aromatic carbocycles. The van der Waals surface area contributed by atoms with Gasteiger partial charge in [-0.1, -0.05) is 6.07 Å². The minimum absolute atomic E-state index is 0.262. The Morgan fingerprint density at radius 1 is 1.11 bits per heavy atom. The summed E-state index contributed by atoms with van der Waals surface area (Å²) in [6.07, 6.45) is 1.72. The molecule has 2 heterocycles. The molecule has 0 bridgehead atoms. The Kier molecular flexibility index (Phi) is 5.87. The number of aromatic nitrogens is 2.